The van der Waals surface area contributed by atoms with Gasteiger partial charge in [-0.2, -0.15) is 5.10 Å². The molecule has 0 atom stereocenters. The zero-order valence-electron chi connectivity index (χ0n) is 11.8. The Morgan fingerprint density at radius 3 is 2.70 bits per heavy atom. The maximum absolute atomic E-state index is 11.5. The van der Waals surface area contributed by atoms with Crippen LogP contribution in [0.15, 0.2) is 22.7 Å². The highest BCUT2D eigenvalue weighted by Gasteiger charge is 2.19. The number of carboxylic acids is 1. The average Bonchev–Trinajstić information content (AvgIpc) is 2.65. The molecule has 1 heterocycles. The molecule has 0 aliphatic rings. The molecule has 0 spiro atoms. The molecule has 0 bridgehead atoms. The van der Waals surface area contributed by atoms with Gasteiger partial charge in [-0.1, -0.05) is 28.9 Å². The fourth-order valence-electron chi connectivity index (χ4n) is 2.43. The molecule has 0 aliphatic carbocycles. The topological polar surface area (TPSA) is 55.1 Å². The van der Waals surface area contributed by atoms with E-state index in [1.54, 1.807) is 6.07 Å². The summed E-state index contributed by atoms with van der Waals surface area (Å²) < 4.78 is 2.70. The van der Waals surface area contributed by atoms with E-state index in [4.69, 9.17) is 0 Å². The third-order valence-corrected chi connectivity index (χ3v) is 3.79. The lowest BCUT2D eigenvalue weighted by molar-refractivity contribution is 0.0697. The average molecular weight is 337 g/mol. The number of hydrogen-bond acceptors (Lipinski definition) is 2. The second-order valence-corrected chi connectivity index (χ2v) is 5.68. The first-order valence-electron chi connectivity index (χ1n) is 6.53. The second-order valence-electron chi connectivity index (χ2n) is 4.76. The zero-order chi connectivity index (χ0) is 14.9. The fraction of sp³-hybridized carbons (Fsp3) is 0.333. The van der Waals surface area contributed by atoms with Gasteiger partial charge >= 0.3 is 5.97 Å². The summed E-state index contributed by atoms with van der Waals surface area (Å²) in [6.07, 6.45) is 0.994. The predicted octanol–water partition coefficient (Wildman–Crippen LogP) is 4.04. The number of carboxylic acid groups (broad SMARTS) is 1. The van der Waals surface area contributed by atoms with Crippen LogP contribution >= 0.6 is 15.9 Å². The number of rotatable bonds is 4. The van der Waals surface area contributed by atoms with Crippen LogP contribution in [-0.2, 0) is 6.54 Å². The molecule has 5 heteroatoms. The van der Waals surface area contributed by atoms with Crippen molar-refractivity contribution >= 4 is 21.9 Å². The summed E-state index contributed by atoms with van der Waals surface area (Å²) in [5.74, 6) is -0.927. The van der Waals surface area contributed by atoms with E-state index >= 15 is 0 Å². The number of carbonyl (C=O) groups is 1. The molecule has 0 saturated carbocycles. The van der Waals surface area contributed by atoms with Crippen LogP contribution in [0.3, 0.4) is 0 Å². The molecule has 1 N–H and O–H groups in total. The van der Waals surface area contributed by atoms with Crippen LogP contribution in [-0.4, -0.2) is 20.9 Å². The molecular weight excluding hydrogens is 320 g/mol. The highest BCUT2D eigenvalue weighted by atomic mass is 79.9. The van der Waals surface area contributed by atoms with Gasteiger partial charge in [0, 0.05) is 22.3 Å². The number of aromatic carboxylic acids is 1. The Labute approximate surface area is 126 Å². The van der Waals surface area contributed by atoms with Gasteiger partial charge in [0.25, 0.3) is 0 Å². The van der Waals surface area contributed by atoms with Gasteiger partial charge in [0.05, 0.1) is 11.3 Å². The van der Waals surface area contributed by atoms with Crippen molar-refractivity contribution in [1.29, 1.82) is 0 Å². The predicted molar refractivity (Wildman–Crippen MR) is 82.1 cm³/mol. The molecule has 0 fully saturated rings. The molecule has 1 aromatic heterocycles. The molecule has 4 nitrogen and oxygen atoms in total. The molecule has 1 aromatic carbocycles. The monoisotopic (exact) mass is 336 g/mol. The minimum atomic E-state index is -0.927. The summed E-state index contributed by atoms with van der Waals surface area (Å²) in [6, 6.07) is 5.33. The molecule has 2 aromatic rings. The number of nitrogens with zero attached hydrogens (tertiary/aromatic N) is 2. The Balaban J connectivity index is 2.65. The molecule has 0 amide bonds. The molecule has 0 unspecified atom stereocenters. The van der Waals surface area contributed by atoms with Gasteiger partial charge in [0.2, 0.25) is 0 Å². The Morgan fingerprint density at radius 2 is 2.10 bits per heavy atom. The van der Waals surface area contributed by atoms with Crippen LogP contribution in [0.5, 0.6) is 0 Å². The SMILES string of the molecule is CCCn1nc(C)c(-c2ccc(Br)cc2C(=O)O)c1C. The van der Waals surface area contributed by atoms with Crippen molar-refractivity contribution in [3.05, 3.63) is 39.6 Å². The summed E-state index contributed by atoms with van der Waals surface area (Å²) in [5, 5.41) is 13.9. The normalized spacial score (nSPS) is 10.8. The zero-order valence-corrected chi connectivity index (χ0v) is 13.4. The molecule has 0 aliphatic heterocycles. The third kappa shape index (κ3) is 2.63. The van der Waals surface area contributed by atoms with Crippen molar-refractivity contribution in [2.24, 2.45) is 0 Å². The highest BCUT2D eigenvalue weighted by molar-refractivity contribution is 9.10. The van der Waals surface area contributed by atoms with E-state index < -0.39 is 5.97 Å². The largest absolute Gasteiger partial charge is 0.478 e. The number of aromatic nitrogens is 2. The maximum atomic E-state index is 11.5. The number of hydrogen-bond donors (Lipinski definition) is 1. The van der Waals surface area contributed by atoms with Crippen molar-refractivity contribution in [3.8, 4) is 11.1 Å². The Hall–Kier alpha value is -1.62. The summed E-state index contributed by atoms with van der Waals surface area (Å²) in [6.45, 7) is 6.84. The lowest BCUT2D eigenvalue weighted by Crippen LogP contribution is -2.02. The van der Waals surface area contributed by atoms with Gasteiger partial charge < -0.3 is 5.11 Å². The fourth-order valence-corrected chi connectivity index (χ4v) is 2.79. The Kier molecular flexibility index (Phi) is 4.28. The van der Waals surface area contributed by atoms with Crippen molar-refractivity contribution < 1.29 is 9.90 Å². The van der Waals surface area contributed by atoms with Gasteiger partial charge in [-0.05, 0) is 38.0 Å². The standard InChI is InChI=1S/C15H17BrN2O2/c1-4-7-18-10(3)14(9(2)17-18)12-6-5-11(16)8-13(12)15(19)20/h5-6,8H,4,7H2,1-3H3,(H,19,20). The lowest BCUT2D eigenvalue weighted by atomic mass is 9.98. The van der Waals surface area contributed by atoms with Crippen LogP contribution in [0.4, 0.5) is 0 Å². The van der Waals surface area contributed by atoms with E-state index in [9.17, 15) is 9.90 Å². The van der Waals surface area contributed by atoms with Crippen molar-refractivity contribution in [2.45, 2.75) is 33.7 Å². The van der Waals surface area contributed by atoms with Crippen molar-refractivity contribution in [2.75, 3.05) is 0 Å². The van der Waals surface area contributed by atoms with Gasteiger partial charge in [-0.3, -0.25) is 4.68 Å². The van der Waals surface area contributed by atoms with E-state index in [1.165, 1.54) is 0 Å². The molecule has 0 radical (unpaired) electrons. The van der Waals surface area contributed by atoms with Gasteiger partial charge in [0.15, 0.2) is 0 Å². The Morgan fingerprint density at radius 1 is 1.40 bits per heavy atom. The van der Waals surface area contributed by atoms with Crippen molar-refractivity contribution in [1.82, 2.24) is 9.78 Å². The first kappa shape index (κ1) is 14.8. The molecule has 106 valence electrons. The third-order valence-electron chi connectivity index (χ3n) is 3.30. The van der Waals surface area contributed by atoms with Gasteiger partial charge in [0.1, 0.15) is 0 Å². The number of halogens is 1. The van der Waals surface area contributed by atoms with Crippen LogP contribution < -0.4 is 0 Å². The van der Waals surface area contributed by atoms with Crippen LogP contribution in [0, 0.1) is 13.8 Å². The smallest absolute Gasteiger partial charge is 0.336 e. The van der Waals surface area contributed by atoms with E-state index in [1.807, 2.05) is 30.7 Å². The minimum Gasteiger partial charge on any atom is -0.478 e. The lowest BCUT2D eigenvalue weighted by Gasteiger charge is -2.08. The number of benzene rings is 1. The van der Waals surface area contributed by atoms with Crippen LogP contribution in [0.2, 0.25) is 0 Å². The highest BCUT2D eigenvalue weighted by Crippen LogP contribution is 2.31. The summed E-state index contributed by atoms with van der Waals surface area (Å²) in [7, 11) is 0. The summed E-state index contributed by atoms with van der Waals surface area (Å²) in [5.41, 5.74) is 3.80. The van der Waals surface area contributed by atoms with E-state index in [0.717, 1.165) is 40.0 Å². The summed E-state index contributed by atoms with van der Waals surface area (Å²) in [4.78, 5) is 11.5. The molecular formula is C15H17BrN2O2. The van der Waals surface area contributed by atoms with Crippen LogP contribution in [0.1, 0.15) is 35.1 Å². The molecule has 0 saturated heterocycles. The van der Waals surface area contributed by atoms with Gasteiger partial charge in [-0.15, -0.1) is 0 Å². The minimum absolute atomic E-state index is 0.293. The Bertz CT molecular complexity index is 662. The second kappa shape index (κ2) is 5.79. The van der Waals surface area contributed by atoms with Crippen molar-refractivity contribution in [3.63, 3.8) is 0 Å². The van der Waals surface area contributed by atoms with E-state index in [0.29, 0.717) is 5.56 Å². The summed E-state index contributed by atoms with van der Waals surface area (Å²) >= 11 is 3.32. The maximum Gasteiger partial charge on any atom is 0.336 e. The quantitative estimate of drug-likeness (QED) is 0.916. The van der Waals surface area contributed by atoms with E-state index in [2.05, 4.69) is 28.0 Å². The van der Waals surface area contributed by atoms with Gasteiger partial charge in [-0.25, -0.2) is 4.79 Å². The molecule has 2 rings (SSSR count). The van der Waals surface area contributed by atoms with E-state index in [-0.39, 0.29) is 0 Å². The first-order chi connectivity index (χ1) is 9.45. The van der Waals surface area contributed by atoms with Crippen LogP contribution in [0.25, 0.3) is 11.1 Å². The number of aryl methyl sites for hydroxylation is 2. The molecule has 20 heavy (non-hydrogen) atoms. The first-order valence-corrected chi connectivity index (χ1v) is 7.32.